The van der Waals surface area contributed by atoms with E-state index in [1.54, 1.807) is 11.4 Å². The average Bonchev–Trinajstić information content (AvgIpc) is 3.01. The number of halogens is 3. The Hall–Kier alpha value is -1.13. The summed E-state index contributed by atoms with van der Waals surface area (Å²) in [6.45, 7) is -0.423. The van der Waals surface area contributed by atoms with Gasteiger partial charge in [0.2, 0.25) is 5.91 Å². The van der Waals surface area contributed by atoms with E-state index in [9.17, 15) is 26.4 Å². The van der Waals surface area contributed by atoms with Crippen molar-refractivity contribution >= 4 is 27.3 Å². The van der Waals surface area contributed by atoms with Crippen LogP contribution in [0.25, 0.3) is 0 Å². The Morgan fingerprint density at radius 1 is 1.42 bits per heavy atom. The van der Waals surface area contributed by atoms with Gasteiger partial charge in [-0.25, -0.2) is 8.42 Å². The van der Waals surface area contributed by atoms with Crippen LogP contribution in [-0.2, 0) is 14.8 Å². The summed E-state index contributed by atoms with van der Waals surface area (Å²) in [5.41, 5.74) is 0. The second-order valence-corrected chi connectivity index (χ2v) is 9.08. The molecule has 1 aromatic heterocycles. The molecule has 1 saturated carbocycles. The quantitative estimate of drug-likeness (QED) is 0.849. The van der Waals surface area contributed by atoms with E-state index in [-0.39, 0.29) is 17.1 Å². The molecule has 1 aromatic rings. The van der Waals surface area contributed by atoms with E-state index in [2.05, 4.69) is 5.32 Å². The molecule has 1 amide bonds. The molecule has 1 fully saturated rings. The van der Waals surface area contributed by atoms with Gasteiger partial charge in [-0.2, -0.15) is 17.5 Å². The molecule has 1 heterocycles. The minimum absolute atomic E-state index is 0.0720. The van der Waals surface area contributed by atoms with Crippen molar-refractivity contribution in [1.29, 1.82) is 0 Å². The summed E-state index contributed by atoms with van der Waals surface area (Å²) >= 11 is 1.04. The molecule has 2 atom stereocenters. The van der Waals surface area contributed by atoms with Crippen LogP contribution in [0.5, 0.6) is 0 Å². The molecule has 0 bridgehead atoms. The van der Waals surface area contributed by atoms with Crippen molar-refractivity contribution in [2.24, 2.45) is 5.92 Å². The molecule has 0 aliphatic heterocycles. The van der Waals surface area contributed by atoms with E-state index in [4.69, 9.17) is 0 Å². The van der Waals surface area contributed by atoms with Crippen molar-refractivity contribution in [1.82, 2.24) is 9.62 Å². The largest absolute Gasteiger partial charge is 0.391 e. The lowest BCUT2D eigenvalue weighted by Gasteiger charge is -2.31. The number of carbonyl (C=O) groups excluding carboxylic acids is 1. The van der Waals surface area contributed by atoms with Gasteiger partial charge in [-0.3, -0.25) is 4.79 Å². The lowest BCUT2D eigenvalue weighted by molar-refractivity contribution is -0.184. The first-order valence-corrected chi connectivity index (χ1v) is 9.78. The molecule has 0 radical (unpaired) electrons. The monoisotopic (exact) mass is 384 g/mol. The van der Waals surface area contributed by atoms with Crippen LogP contribution < -0.4 is 5.32 Å². The Labute approximate surface area is 142 Å². The third-order valence-electron chi connectivity index (χ3n) is 4.03. The van der Waals surface area contributed by atoms with Gasteiger partial charge >= 0.3 is 6.18 Å². The van der Waals surface area contributed by atoms with Crippen molar-refractivity contribution < 1.29 is 26.4 Å². The van der Waals surface area contributed by atoms with Crippen molar-refractivity contribution in [3.05, 3.63) is 17.5 Å². The topological polar surface area (TPSA) is 66.5 Å². The molecule has 1 aliphatic carbocycles. The normalized spacial score (nSPS) is 22.5. The molecule has 5 nitrogen and oxygen atoms in total. The Kier molecular flexibility index (Phi) is 5.92. The number of likely N-dealkylation sites (N-methyl/N-ethyl adjacent to an activating group) is 1. The lowest BCUT2D eigenvalue weighted by atomic mass is 9.85. The minimum Gasteiger partial charge on any atom is -0.352 e. The number of hydrogen-bond donors (Lipinski definition) is 1. The molecule has 24 heavy (non-hydrogen) atoms. The fourth-order valence-corrected chi connectivity index (χ4v) is 5.07. The predicted octanol–water partition coefficient (Wildman–Crippen LogP) is 2.61. The second-order valence-electron chi connectivity index (χ2n) is 5.86. The van der Waals surface area contributed by atoms with E-state index in [0.29, 0.717) is 12.8 Å². The summed E-state index contributed by atoms with van der Waals surface area (Å²) < 4.78 is 63.8. The van der Waals surface area contributed by atoms with Crippen molar-refractivity contribution in [2.75, 3.05) is 13.6 Å². The second kappa shape index (κ2) is 7.40. The van der Waals surface area contributed by atoms with Gasteiger partial charge in [0, 0.05) is 13.1 Å². The first-order valence-electron chi connectivity index (χ1n) is 7.46. The van der Waals surface area contributed by atoms with Crippen LogP contribution in [0.1, 0.15) is 25.7 Å². The summed E-state index contributed by atoms with van der Waals surface area (Å²) in [4.78, 5) is 12.0. The number of nitrogens with one attached hydrogen (secondary N) is 1. The standard InChI is InChI=1S/C14H19F3N2O3S2/c1-19(24(21,22)13-6-3-7-23-13)9-12(20)18-11-5-2-4-10(8-11)14(15,16)17/h3,6-7,10-11H,2,4-5,8-9H2,1H3,(H,18,20)/t10-,11+/m0/s1. The number of alkyl halides is 3. The van der Waals surface area contributed by atoms with E-state index in [0.717, 1.165) is 15.6 Å². The molecule has 1 N–H and O–H groups in total. The molecule has 0 unspecified atom stereocenters. The highest BCUT2D eigenvalue weighted by Crippen LogP contribution is 2.37. The van der Waals surface area contributed by atoms with Crippen molar-refractivity contribution in [3.63, 3.8) is 0 Å². The van der Waals surface area contributed by atoms with Gasteiger partial charge in [0.05, 0.1) is 12.5 Å². The SMILES string of the molecule is CN(CC(=O)N[C@@H]1CCC[C@H](C(F)(F)F)C1)S(=O)(=O)c1cccs1. The predicted molar refractivity (Wildman–Crippen MR) is 84.1 cm³/mol. The maximum Gasteiger partial charge on any atom is 0.391 e. The van der Waals surface area contributed by atoms with E-state index >= 15 is 0 Å². The zero-order valence-electron chi connectivity index (χ0n) is 13.0. The van der Waals surface area contributed by atoms with E-state index in [1.807, 2.05) is 0 Å². The number of nitrogens with zero attached hydrogens (tertiary/aromatic N) is 1. The number of sulfonamides is 1. The van der Waals surface area contributed by atoms with Crippen molar-refractivity contribution in [3.8, 4) is 0 Å². The molecule has 0 aromatic carbocycles. The van der Waals surface area contributed by atoms with Gasteiger partial charge in [-0.15, -0.1) is 11.3 Å². The Morgan fingerprint density at radius 3 is 2.71 bits per heavy atom. The van der Waals surface area contributed by atoms with Crippen LogP contribution in [0.2, 0.25) is 0 Å². The number of amides is 1. The van der Waals surface area contributed by atoms with Gasteiger partial charge in [0.15, 0.2) is 0 Å². The van der Waals surface area contributed by atoms with Gasteiger partial charge in [0.1, 0.15) is 4.21 Å². The smallest absolute Gasteiger partial charge is 0.352 e. The number of thiophene rings is 1. The molecule has 1 aliphatic rings. The Morgan fingerprint density at radius 2 is 2.12 bits per heavy atom. The highest BCUT2D eigenvalue weighted by Gasteiger charge is 2.42. The van der Waals surface area contributed by atoms with Crippen LogP contribution >= 0.6 is 11.3 Å². The van der Waals surface area contributed by atoms with Crippen LogP contribution in [0.15, 0.2) is 21.7 Å². The van der Waals surface area contributed by atoms with E-state index < -0.39 is 40.6 Å². The summed E-state index contributed by atoms with van der Waals surface area (Å²) in [5.74, 6) is -2.01. The van der Waals surface area contributed by atoms with Crippen LogP contribution in [0.4, 0.5) is 13.2 Å². The molecule has 136 valence electrons. The van der Waals surface area contributed by atoms with Crippen molar-refractivity contribution in [2.45, 2.75) is 42.1 Å². The zero-order valence-corrected chi connectivity index (χ0v) is 14.7. The zero-order chi connectivity index (χ0) is 18.0. The molecular formula is C14H19F3N2O3S2. The summed E-state index contributed by atoms with van der Waals surface area (Å²) in [6, 6.07) is 2.45. The average molecular weight is 384 g/mol. The Bertz CT molecular complexity index is 659. The number of carbonyl (C=O) groups is 1. The highest BCUT2D eigenvalue weighted by molar-refractivity contribution is 7.91. The maximum absolute atomic E-state index is 12.8. The van der Waals surface area contributed by atoms with Crippen LogP contribution in [-0.4, -0.2) is 44.4 Å². The number of rotatable bonds is 5. The highest BCUT2D eigenvalue weighted by atomic mass is 32.2. The van der Waals surface area contributed by atoms with Gasteiger partial charge in [-0.05, 0) is 30.7 Å². The fourth-order valence-electron chi connectivity index (χ4n) is 2.74. The fraction of sp³-hybridized carbons (Fsp3) is 0.643. The minimum atomic E-state index is -4.26. The first kappa shape index (κ1) is 19.2. The third kappa shape index (κ3) is 4.70. The van der Waals surface area contributed by atoms with E-state index in [1.165, 1.54) is 13.1 Å². The molecule has 2 rings (SSSR count). The molecule has 10 heteroatoms. The molecule has 0 spiro atoms. The van der Waals surface area contributed by atoms with Crippen LogP contribution in [0.3, 0.4) is 0 Å². The maximum atomic E-state index is 12.8. The Balaban J connectivity index is 1.91. The number of hydrogen-bond acceptors (Lipinski definition) is 4. The lowest BCUT2D eigenvalue weighted by Crippen LogP contribution is -2.45. The first-order chi connectivity index (χ1) is 11.1. The molecule has 0 saturated heterocycles. The molecular weight excluding hydrogens is 365 g/mol. The third-order valence-corrected chi connectivity index (χ3v) is 7.20. The summed E-state index contributed by atoms with van der Waals surface area (Å²) in [5, 5.41) is 4.14. The van der Waals surface area contributed by atoms with Gasteiger partial charge < -0.3 is 5.32 Å². The van der Waals surface area contributed by atoms with Gasteiger partial charge in [-0.1, -0.05) is 12.5 Å². The van der Waals surface area contributed by atoms with Gasteiger partial charge in [0.25, 0.3) is 10.0 Å². The summed E-state index contributed by atoms with van der Waals surface area (Å²) in [7, 11) is -2.48. The summed E-state index contributed by atoms with van der Waals surface area (Å²) in [6.07, 6.45) is -3.49. The van der Waals surface area contributed by atoms with Crippen LogP contribution in [0, 0.1) is 5.92 Å².